The van der Waals surface area contributed by atoms with E-state index in [4.69, 9.17) is 5.73 Å². The summed E-state index contributed by atoms with van der Waals surface area (Å²) in [5, 5.41) is 0.709. The van der Waals surface area contributed by atoms with Crippen molar-refractivity contribution in [1.82, 2.24) is 9.55 Å². The van der Waals surface area contributed by atoms with Gasteiger partial charge >= 0.3 is 0 Å². The normalized spacial score (nSPS) is 11.5. The predicted molar refractivity (Wildman–Crippen MR) is 85.9 cm³/mol. The van der Waals surface area contributed by atoms with Gasteiger partial charge in [0.25, 0.3) is 5.56 Å². The van der Waals surface area contributed by atoms with Crippen LogP contribution in [0.3, 0.4) is 0 Å². The van der Waals surface area contributed by atoms with Gasteiger partial charge in [0.1, 0.15) is 10.7 Å². The second-order valence-corrected chi connectivity index (χ2v) is 6.82. The molecule has 2 aromatic rings. The monoisotopic (exact) mass is 307 g/mol. The molecular weight excluding hydrogens is 286 g/mol. The zero-order valence-electron chi connectivity index (χ0n) is 12.9. The third-order valence-corrected chi connectivity index (χ3v) is 4.74. The first-order valence-electron chi connectivity index (χ1n) is 7.11. The van der Waals surface area contributed by atoms with Crippen molar-refractivity contribution in [1.29, 1.82) is 0 Å². The number of rotatable bonds is 5. The van der Waals surface area contributed by atoms with Crippen molar-refractivity contribution in [2.45, 2.75) is 53.0 Å². The van der Waals surface area contributed by atoms with Gasteiger partial charge in [-0.05, 0) is 25.8 Å². The molecule has 0 saturated heterocycles. The summed E-state index contributed by atoms with van der Waals surface area (Å²) in [5.74, 6) is 0.586. The summed E-state index contributed by atoms with van der Waals surface area (Å²) in [6.45, 7) is 8.48. The van der Waals surface area contributed by atoms with E-state index >= 15 is 0 Å². The van der Waals surface area contributed by atoms with Crippen LogP contribution >= 0.6 is 11.3 Å². The number of aromatic nitrogens is 2. The van der Waals surface area contributed by atoms with Crippen molar-refractivity contribution in [3.05, 3.63) is 26.6 Å². The van der Waals surface area contributed by atoms with Crippen LogP contribution in [0.4, 0.5) is 0 Å². The third kappa shape index (κ3) is 3.00. The van der Waals surface area contributed by atoms with Crippen LogP contribution in [0, 0.1) is 13.8 Å². The average molecular weight is 307 g/mol. The highest BCUT2D eigenvalue weighted by molar-refractivity contribution is 7.18. The lowest BCUT2D eigenvalue weighted by Gasteiger charge is -2.14. The van der Waals surface area contributed by atoms with Gasteiger partial charge in [-0.25, -0.2) is 4.98 Å². The summed E-state index contributed by atoms with van der Waals surface area (Å²) >= 11 is 1.56. The molecule has 5 nitrogen and oxygen atoms in total. The fourth-order valence-corrected chi connectivity index (χ4v) is 3.44. The van der Waals surface area contributed by atoms with Crippen molar-refractivity contribution in [3.8, 4) is 0 Å². The molecule has 2 rings (SSSR count). The minimum absolute atomic E-state index is 0.00461. The Balaban J connectivity index is 2.57. The van der Waals surface area contributed by atoms with E-state index in [0.717, 1.165) is 21.1 Å². The molecule has 6 heteroatoms. The van der Waals surface area contributed by atoms with Gasteiger partial charge in [-0.2, -0.15) is 0 Å². The fourth-order valence-electron chi connectivity index (χ4n) is 2.41. The first kappa shape index (κ1) is 15.7. The van der Waals surface area contributed by atoms with E-state index < -0.39 is 0 Å². The molecule has 0 aromatic carbocycles. The second kappa shape index (κ2) is 5.97. The molecule has 0 bridgehead atoms. The number of carbonyl (C=O) groups excluding carboxylic acids is 1. The maximum Gasteiger partial charge on any atom is 0.262 e. The molecule has 0 aliphatic rings. The molecule has 0 fully saturated rings. The molecule has 114 valence electrons. The summed E-state index contributed by atoms with van der Waals surface area (Å²) < 4.78 is 1.70. The first-order chi connectivity index (χ1) is 9.82. The average Bonchev–Trinajstić information content (AvgIpc) is 2.67. The Hall–Kier alpha value is -1.69. The number of carbonyl (C=O) groups is 1. The van der Waals surface area contributed by atoms with Crippen LogP contribution in [0.25, 0.3) is 10.2 Å². The minimum Gasteiger partial charge on any atom is -0.370 e. The van der Waals surface area contributed by atoms with Crippen LogP contribution in [-0.4, -0.2) is 15.5 Å². The zero-order chi connectivity index (χ0) is 15.7. The van der Waals surface area contributed by atoms with Gasteiger partial charge in [-0.15, -0.1) is 11.3 Å². The second-order valence-electron chi connectivity index (χ2n) is 5.61. The summed E-state index contributed by atoms with van der Waals surface area (Å²) in [6.07, 6.45) is 0.841. The van der Waals surface area contributed by atoms with Crippen LogP contribution in [0.15, 0.2) is 4.79 Å². The lowest BCUT2D eigenvalue weighted by atomic mass is 10.1. The molecular formula is C15H21N3O2S. The Labute approximate surface area is 127 Å². The number of amides is 1. The zero-order valence-corrected chi connectivity index (χ0v) is 13.7. The Morgan fingerprint density at radius 3 is 2.62 bits per heavy atom. The van der Waals surface area contributed by atoms with Gasteiger partial charge in [0.2, 0.25) is 5.91 Å². The van der Waals surface area contributed by atoms with Crippen molar-refractivity contribution >= 4 is 27.5 Å². The molecule has 0 aliphatic heterocycles. The summed E-state index contributed by atoms with van der Waals surface area (Å²) in [4.78, 5) is 30.3. The van der Waals surface area contributed by atoms with Crippen LogP contribution < -0.4 is 11.3 Å². The number of thiophene rings is 1. The molecule has 0 saturated carbocycles. The maximum absolute atomic E-state index is 12.8. The highest BCUT2D eigenvalue weighted by Gasteiger charge is 2.17. The van der Waals surface area contributed by atoms with E-state index in [1.54, 1.807) is 15.9 Å². The molecule has 0 radical (unpaired) electrons. The van der Waals surface area contributed by atoms with Crippen molar-refractivity contribution in [3.63, 3.8) is 0 Å². The Bertz CT molecular complexity index is 743. The maximum atomic E-state index is 12.8. The highest BCUT2D eigenvalue weighted by atomic mass is 32.1. The van der Waals surface area contributed by atoms with E-state index in [9.17, 15) is 9.59 Å². The molecule has 0 unspecified atom stereocenters. The van der Waals surface area contributed by atoms with Gasteiger partial charge in [-0.3, -0.25) is 14.2 Å². The van der Waals surface area contributed by atoms with E-state index in [1.807, 2.05) is 27.7 Å². The van der Waals surface area contributed by atoms with Crippen molar-refractivity contribution in [2.75, 3.05) is 0 Å². The largest absolute Gasteiger partial charge is 0.370 e. The SMILES string of the molecule is Cc1sc2nc(C(C)C)n(CCCC(N)=O)c(=O)c2c1C. The Morgan fingerprint density at radius 1 is 1.38 bits per heavy atom. The Morgan fingerprint density at radius 2 is 2.05 bits per heavy atom. The van der Waals surface area contributed by atoms with Gasteiger partial charge in [0.15, 0.2) is 0 Å². The third-order valence-electron chi connectivity index (χ3n) is 3.64. The molecule has 0 spiro atoms. The number of primary amides is 1. The minimum atomic E-state index is -0.342. The smallest absolute Gasteiger partial charge is 0.262 e. The van der Waals surface area contributed by atoms with E-state index in [0.29, 0.717) is 18.4 Å². The number of hydrogen-bond acceptors (Lipinski definition) is 4. The first-order valence-corrected chi connectivity index (χ1v) is 7.93. The predicted octanol–water partition coefficient (Wildman–Crippen LogP) is 2.46. The number of hydrogen-bond donors (Lipinski definition) is 1. The van der Waals surface area contributed by atoms with E-state index in [-0.39, 0.29) is 23.8 Å². The van der Waals surface area contributed by atoms with Crippen LogP contribution in [0.2, 0.25) is 0 Å². The van der Waals surface area contributed by atoms with Gasteiger partial charge in [0.05, 0.1) is 5.39 Å². The van der Waals surface area contributed by atoms with Crippen molar-refractivity contribution in [2.24, 2.45) is 5.73 Å². The highest BCUT2D eigenvalue weighted by Crippen LogP contribution is 2.27. The van der Waals surface area contributed by atoms with Crippen molar-refractivity contribution < 1.29 is 4.79 Å². The number of nitrogens with zero attached hydrogens (tertiary/aromatic N) is 2. The lowest BCUT2D eigenvalue weighted by molar-refractivity contribution is -0.118. The number of fused-ring (bicyclic) bond motifs is 1. The van der Waals surface area contributed by atoms with Crippen LogP contribution in [0.5, 0.6) is 0 Å². The van der Waals surface area contributed by atoms with Gasteiger partial charge in [-0.1, -0.05) is 13.8 Å². The molecule has 0 aliphatic carbocycles. The number of aryl methyl sites for hydroxylation is 2. The van der Waals surface area contributed by atoms with Crippen LogP contribution in [0.1, 0.15) is 48.9 Å². The summed E-state index contributed by atoms with van der Waals surface area (Å²) in [5.41, 5.74) is 6.17. The van der Waals surface area contributed by atoms with Crippen LogP contribution in [-0.2, 0) is 11.3 Å². The molecule has 2 N–H and O–H groups in total. The quantitative estimate of drug-likeness (QED) is 0.921. The fraction of sp³-hybridized carbons (Fsp3) is 0.533. The lowest BCUT2D eigenvalue weighted by Crippen LogP contribution is -2.26. The molecule has 1 amide bonds. The van der Waals surface area contributed by atoms with E-state index in [1.165, 1.54) is 0 Å². The standard InChI is InChI=1S/C15H21N3O2S/c1-8(2)13-17-14-12(9(3)10(4)21-14)15(20)18(13)7-5-6-11(16)19/h8H,5-7H2,1-4H3,(H2,16,19). The molecule has 2 aromatic heterocycles. The Kier molecular flexibility index (Phi) is 4.46. The topological polar surface area (TPSA) is 78.0 Å². The summed E-state index contributed by atoms with van der Waals surface area (Å²) in [6, 6.07) is 0. The van der Waals surface area contributed by atoms with E-state index in [2.05, 4.69) is 4.98 Å². The van der Waals surface area contributed by atoms with Gasteiger partial charge in [0, 0.05) is 23.8 Å². The molecule has 21 heavy (non-hydrogen) atoms. The molecule has 0 atom stereocenters. The van der Waals surface area contributed by atoms with Gasteiger partial charge < -0.3 is 5.73 Å². The number of nitrogens with two attached hydrogens (primary N) is 1. The summed E-state index contributed by atoms with van der Waals surface area (Å²) in [7, 11) is 0. The molecule has 2 heterocycles.